The van der Waals surface area contributed by atoms with E-state index in [0.29, 0.717) is 23.7 Å². The highest BCUT2D eigenvalue weighted by atomic mass is 32.2. The van der Waals surface area contributed by atoms with Crippen molar-refractivity contribution in [3.63, 3.8) is 0 Å². The Labute approximate surface area is 187 Å². The van der Waals surface area contributed by atoms with Gasteiger partial charge in [0.05, 0.1) is 26.9 Å². The van der Waals surface area contributed by atoms with E-state index in [-0.39, 0.29) is 11.9 Å². The summed E-state index contributed by atoms with van der Waals surface area (Å²) in [5.74, 6) is 2.75. The Morgan fingerprint density at radius 1 is 0.935 bits per heavy atom. The second-order valence-electron chi connectivity index (χ2n) is 6.84. The number of thioether (sulfide) groups is 1. The maximum Gasteiger partial charge on any atom is 0.251 e. The zero-order valence-electron chi connectivity index (χ0n) is 18.0. The fraction of sp³-hybridized carbons (Fsp3) is 0.240. The third-order valence-corrected chi connectivity index (χ3v) is 5.71. The van der Waals surface area contributed by atoms with E-state index in [4.69, 9.17) is 14.2 Å². The molecule has 0 aromatic heterocycles. The molecule has 6 heteroatoms. The van der Waals surface area contributed by atoms with Crippen LogP contribution in [-0.2, 0) is 0 Å². The minimum Gasteiger partial charge on any atom is -0.493 e. The SMILES string of the molecule is COc1ccc([C@@H](C)NC(=O)c2ccc(OCCSc3ccccc3)cc2)cc1OC. The molecule has 31 heavy (non-hydrogen) atoms. The van der Waals surface area contributed by atoms with Crippen molar-refractivity contribution < 1.29 is 19.0 Å². The number of hydrogen-bond acceptors (Lipinski definition) is 5. The zero-order chi connectivity index (χ0) is 22.1. The normalized spacial score (nSPS) is 11.5. The van der Waals surface area contributed by atoms with Gasteiger partial charge in [-0.15, -0.1) is 11.8 Å². The molecule has 0 saturated carbocycles. The van der Waals surface area contributed by atoms with Gasteiger partial charge in [-0.2, -0.15) is 0 Å². The molecule has 3 aromatic carbocycles. The maximum atomic E-state index is 12.6. The van der Waals surface area contributed by atoms with Gasteiger partial charge in [-0.3, -0.25) is 4.79 Å². The fourth-order valence-electron chi connectivity index (χ4n) is 3.02. The molecule has 162 valence electrons. The van der Waals surface area contributed by atoms with Crippen molar-refractivity contribution in [3.05, 3.63) is 83.9 Å². The molecular weight excluding hydrogens is 410 g/mol. The van der Waals surface area contributed by atoms with E-state index in [1.807, 2.05) is 55.5 Å². The molecule has 0 bridgehead atoms. The molecule has 3 aromatic rings. The van der Waals surface area contributed by atoms with Gasteiger partial charge in [-0.25, -0.2) is 0 Å². The Morgan fingerprint density at radius 3 is 2.32 bits per heavy atom. The zero-order valence-corrected chi connectivity index (χ0v) is 18.8. The van der Waals surface area contributed by atoms with Gasteiger partial charge in [0, 0.05) is 16.2 Å². The van der Waals surface area contributed by atoms with Gasteiger partial charge in [0.1, 0.15) is 5.75 Å². The Balaban J connectivity index is 1.50. The van der Waals surface area contributed by atoms with Crippen molar-refractivity contribution in [1.29, 1.82) is 0 Å². The summed E-state index contributed by atoms with van der Waals surface area (Å²) in [4.78, 5) is 13.8. The van der Waals surface area contributed by atoms with Crippen molar-refractivity contribution in [1.82, 2.24) is 5.32 Å². The molecule has 0 saturated heterocycles. The minimum absolute atomic E-state index is 0.145. The topological polar surface area (TPSA) is 56.8 Å². The summed E-state index contributed by atoms with van der Waals surface area (Å²) in [6.07, 6.45) is 0. The van der Waals surface area contributed by atoms with Crippen LogP contribution in [0.1, 0.15) is 28.9 Å². The Morgan fingerprint density at radius 2 is 1.65 bits per heavy atom. The van der Waals surface area contributed by atoms with Crippen LogP contribution < -0.4 is 19.5 Å². The summed E-state index contributed by atoms with van der Waals surface area (Å²) in [7, 11) is 3.19. The molecule has 1 atom stereocenters. The smallest absolute Gasteiger partial charge is 0.251 e. The first-order valence-electron chi connectivity index (χ1n) is 10.0. The number of amides is 1. The molecule has 0 radical (unpaired) electrons. The molecule has 5 nitrogen and oxygen atoms in total. The molecule has 0 fully saturated rings. The first-order valence-corrected chi connectivity index (χ1v) is 11.0. The largest absolute Gasteiger partial charge is 0.493 e. The Bertz CT molecular complexity index is 977. The molecule has 0 aliphatic heterocycles. The summed E-state index contributed by atoms with van der Waals surface area (Å²) in [5.41, 5.74) is 1.51. The van der Waals surface area contributed by atoms with Crippen molar-refractivity contribution in [2.24, 2.45) is 0 Å². The predicted octanol–water partition coefficient (Wildman–Crippen LogP) is 5.37. The van der Waals surface area contributed by atoms with Crippen LogP contribution in [0.25, 0.3) is 0 Å². The van der Waals surface area contributed by atoms with E-state index in [0.717, 1.165) is 17.1 Å². The lowest BCUT2D eigenvalue weighted by atomic mass is 10.1. The van der Waals surface area contributed by atoms with E-state index in [1.165, 1.54) is 4.90 Å². The standard InChI is InChI=1S/C25H27NO4S/c1-18(20-11-14-23(28-2)24(17-20)29-3)26-25(27)19-9-12-21(13-10-19)30-15-16-31-22-7-5-4-6-8-22/h4-14,17-18H,15-16H2,1-3H3,(H,26,27)/t18-/m1/s1. The molecule has 1 N–H and O–H groups in total. The van der Waals surface area contributed by atoms with Crippen LogP contribution in [-0.4, -0.2) is 32.5 Å². The average molecular weight is 438 g/mol. The lowest BCUT2D eigenvalue weighted by molar-refractivity contribution is 0.0940. The van der Waals surface area contributed by atoms with Crippen LogP contribution >= 0.6 is 11.8 Å². The van der Waals surface area contributed by atoms with Crippen LogP contribution in [0.2, 0.25) is 0 Å². The summed E-state index contributed by atoms with van der Waals surface area (Å²) >= 11 is 1.75. The molecule has 3 rings (SSSR count). The summed E-state index contributed by atoms with van der Waals surface area (Å²) in [5, 5.41) is 3.01. The minimum atomic E-state index is -0.182. The highest BCUT2D eigenvalue weighted by molar-refractivity contribution is 7.99. The van der Waals surface area contributed by atoms with Crippen molar-refractivity contribution in [2.45, 2.75) is 17.9 Å². The number of carbonyl (C=O) groups is 1. The van der Waals surface area contributed by atoms with Gasteiger partial charge in [-0.1, -0.05) is 24.3 Å². The quantitative estimate of drug-likeness (QED) is 0.342. The third kappa shape index (κ3) is 6.43. The molecule has 0 spiro atoms. The van der Waals surface area contributed by atoms with Crippen molar-refractivity contribution >= 4 is 17.7 Å². The van der Waals surface area contributed by atoms with Gasteiger partial charge in [0.2, 0.25) is 0 Å². The monoisotopic (exact) mass is 437 g/mol. The van der Waals surface area contributed by atoms with Crippen LogP contribution in [0.3, 0.4) is 0 Å². The van der Waals surface area contributed by atoms with Crippen LogP contribution in [0.5, 0.6) is 17.2 Å². The summed E-state index contributed by atoms with van der Waals surface area (Å²) in [6, 6.07) is 22.9. The number of methoxy groups -OCH3 is 2. The summed E-state index contributed by atoms with van der Waals surface area (Å²) in [6.45, 7) is 2.53. The maximum absolute atomic E-state index is 12.6. The van der Waals surface area contributed by atoms with Crippen LogP contribution in [0.4, 0.5) is 0 Å². The van der Waals surface area contributed by atoms with Crippen molar-refractivity contribution in [3.8, 4) is 17.2 Å². The van der Waals surface area contributed by atoms with Crippen LogP contribution in [0, 0.1) is 0 Å². The number of rotatable bonds is 10. The molecule has 0 unspecified atom stereocenters. The fourth-order valence-corrected chi connectivity index (χ4v) is 3.78. The van der Waals surface area contributed by atoms with Crippen LogP contribution in [0.15, 0.2) is 77.7 Å². The Kier molecular flexibility index (Phi) is 8.24. The number of carbonyl (C=O) groups excluding carboxylic acids is 1. The van der Waals surface area contributed by atoms with E-state index < -0.39 is 0 Å². The second kappa shape index (κ2) is 11.3. The predicted molar refractivity (Wildman–Crippen MR) is 125 cm³/mol. The lowest BCUT2D eigenvalue weighted by Crippen LogP contribution is -2.26. The highest BCUT2D eigenvalue weighted by Crippen LogP contribution is 2.30. The second-order valence-corrected chi connectivity index (χ2v) is 8.01. The van der Waals surface area contributed by atoms with Crippen molar-refractivity contribution in [2.75, 3.05) is 26.6 Å². The van der Waals surface area contributed by atoms with Gasteiger partial charge in [-0.05, 0) is 61.0 Å². The van der Waals surface area contributed by atoms with E-state index in [1.54, 1.807) is 38.1 Å². The molecule has 0 aliphatic rings. The highest BCUT2D eigenvalue weighted by Gasteiger charge is 2.14. The van der Waals surface area contributed by atoms with Gasteiger partial charge < -0.3 is 19.5 Å². The molecular formula is C25H27NO4S. The molecule has 1 amide bonds. The van der Waals surface area contributed by atoms with E-state index >= 15 is 0 Å². The number of nitrogens with one attached hydrogen (secondary N) is 1. The molecule has 0 aliphatic carbocycles. The van der Waals surface area contributed by atoms with Gasteiger partial charge >= 0.3 is 0 Å². The number of hydrogen-bond donors (Lipinski definition) is 1. The summed E-state index contributed by atoms with van der Waals surface area (Å²) < 4.78 is 16.4. The first-order chi connectivity index (χ1) is 15.1. The molecule has 0 heterocycles. The average Bonchev–Trinajstić information content (AvgIpc) is 2.82. The first kappa shape index (κ1) is 22.6. The number of benzene rings is 3. The Hall–Kier alpha value is -3.12. The van der Waals surface area contributed by atoms with Gasteiger partial charge in [0.15, 0.2) is 11.5 Å². The van der Waals surface area contributed by atoms with E-state index in [2.05, 4.69) is 17.4 Å². The third-order valence-electron chi connectivity index (χ3n) is 4.74. The van der Waals surface area contributed by atoms with E-state index in [9.17, 15) is 4.79 Å². The lowest BCUT2D eigenvalue weighted by Gasteiger charge is -2.17. The van der Waals surface area contributed by atoms with Gasteiger partial charge in [0.25, 0.3) is 5.91 Å². The number of ether oxygens (including phenoxy) is 3.